The average molecular weight is 286 g/mol. The van der Waals surface area contributed by atoms with Crippen LogP contribution in [0.25, 0.3) is 0 Å². The molecule has 0 amide bonds. The quantitative estimate of drug-likeness (QED) is 0.614. The van der Waals surface area contributed by atoms with E-state index in [0.29, 0.717) is 6.61 Å². The molecule has 1 rings (SSSR count). The number of rotatable bonds is 4. The fraction of sp³-hybridized carbons (Fsp3) is 0.500. The van der Waals surface area contributed by atoms with Gasteiger partial charge in [0.2, 0.25) is 0 Å². The summed E-state index contributed by atoms with van der Waals surface area (Å²) in [6.07, 6.45) is 4.51. The summed E-state index contributed by atoms with van der Waals surface area (Å²) >= 11 is 0. The van der Waals surface area contributed by atoms with Crippen LogP contribution in [0.5, 0.6) is 5.75 Å². The molecule has 0 spiro atoms. The maximum Gasteiger partial charge on any atom is 0.119 e. The van der Waals surface area contributed by atoms with Gasteiger partial charge in [-0.15, -0.1) is 0 Å². The molecule has 0 aliphatic rings. The summed E-state index contributed by atoms with van der Waals surface area (Å²) in [4.78, 5) is 0. The third-order valence-corrected chi connectivity index (χ3v) is 3.61. The molecule has 0 saturated heterocycles. The van der Waals surface area contributed by atoms with Crippen molar-refractivity contribution in [3.63, 3.8) is 0 Å². The third-order valence-electron chi connectivity index (χ3n) is 3.61. The summed E-state index contributed by atoms with van der Waals surface area (Å²) in [7, 11) is 0. The molecular formula is C20H30O. The molecule has 0 atom stereocenters. The van der Waals surface area contributed by atoms with Gasteiger partial charge in [0.15, 0.2) is 0 Å². The van der Waals surface area contributed by atoms with Crippen LogP contribution < -0.4 is 4.74 Å². The fourth-order valence-corrected chi connectivity index (χ4v) is 2.07. The third kappa shape index (κ3) is 5.79. The van der Waals surface area contributed by atoms with Crippen molar-refractivity contribution in [2.75, 3.05) is 6.61 Å². The minimum atomic E-state index is 0.0916. The zero-order chi connectivity index (χ0) is 16.1. The zero-order valence-electron chi connectivity index (χ0n) is 14.7. The minimum Gasteiger partial charge on any atom is -0.489 e. The minimum absolute atomic E-state index is 0.0916. The summed E-state index contributed by atoms with van der Waals surface area (Å²) in [6, 6.07) is 10.0. The van der Waals surface area contributed by atoms with Gasteiger partial charge in [-0.05, 0) is 41.0 Å². The number of hydrogen-bond acceptors (Lipinski definition) is 1. The van der Waals surface area contributed by atoms with E-state index in [-0.39, 0.29) is 10.8 Å². The summed E-state index contributed by atoms with van der Waals surface area (Å²) in [5.41, 5.74) is 2.91. The number of allylic oxidation sites excluding steroid dienone is 3. The summed E-state index contributed by atoms with van der Waals surface area (Å²) in [6.45, 7) is 16.2. The Morgan fingerprint density at radius 2 is 1.52 bits per heavy atom. The molecular weight excluding hydrogens is 256 g/mol. The molecule has 0 N–H and O–H groups in total. The number of ether oxygens (including phenoxy) is 1. The molecule has 0 bridgehead atoms. The van der Waals surface area contributed by atoms with Crippen molar-refractivity contribution >= 4 is 0 Å². The summed E-state index contributed by atoms with van der Waals surface area (Å²) in [5.74, 6) is 0.922. The lowest BCUT2D eigenvalue weighted by molar-refractivity contribution is 0.314. The van der Waals surface area contributed by atoms with E-state index in [0.717, 1.165) is 5.75 Å². The van der Waals surface area contributed by atoms with Gasteiger partial charge in [0.05, 0.1) is 0 Å². The van der Waals surface area contributed by atoms with Crippen molar-refractivity contribution in [1.82, 2.24) is 0 Å². The van der Waals surface area contributed by atoms with Crippen LogP contribution in [0, 0.1) is 10.8 Å². The second-order valence-electron chi connectivity index (χ2n) is 7.52. The molecule has 0 radical (unpaired) electrons. The summed E-state index contributed by atoms with van der Waals surface area (Å²) in [5, 5.41) is 0. The number of para-hydroxylation sites is 1. The van der Waals surface area contributed by atoms with E-state index in [1.54, 1.807) is 0 Å². The van der Waals surface area contributed by atoms with E-state index >= 15 is 0 Å². The van der Waals surface area contributed by atoms with Crippen LogP contribution in [0.1, 0.15) is 48.5 Å². The molecule has 0 saturated carbocycles. The second kappa shape index (κ2) is 6.98. The topological polar surface area (TPSA) is 9.23 Å². The molecule has 0 aliphatic heterocycles. The van der Waals surface area contributed by atoms with Crippen molar-refractivity contribution in [2.45, 2.75) is 48.5 Å². The van der Waals surface area contributed by atoms with Crippen LogP contribution in [-0.2, 0) is 0 Å². The van der Waals surface area contributed by atoms with Gasteiger partial charge < -0.3 is 4.74 Å². The van der Waals surface area contributed by atoms with Gasteiger partial charge in [-0.3, -0.25) is 0 Å². The maximum atomic E-state index is 5.96. The zero-order valence-corrected chi connectivity index (χ0v) is 14.7. The van der Waals surface area contributed by atoms with Gasteiger partial charge in [0.25, 0.3) is 0 Å². The van der Waals surface area contributed by atoms with E-state index in [1.807, 2.05) is 30.3 Å². The van der Waals surface area contributed by atoms with Crippen molar-refractivity contribution in [2.24, 2.45) is 10.8 Å². The predicted molar refractivity (Wildman–Crippen MR) is 92.7 cm³/mol. The first-order valence-corrected chi connectivity index (χ1v) is 7.70. The molecule has 0 fully saturated rings. The van der Waals surface area contributed by atoms with Gasteiger partial charge in [-0.1, -0.05) is 71.9 Å². The van der Waals surface area contributed by atoms with Crippen molar-refractivity contribution in [1.29, 1.82) is 0 Å². The van der Waals surface area contributed by atoms with Gasteiger partial charge in [-0.2, -0.15) is 0 Å². The van der Waals surface area contributed by atoms with E-state index in [9.17, 15) is 0 Å². The van der Waals surface area contributed by atoms with E-state index in [4.69, 9.17) is 4.74 Å². The van der Waals surface area contributed by atoms with Crippen LogP contribution >= 0.6 is 0 Å². The van der Waals surface area contributed by atoms with Crippen LogP contribution in [0.4, 0.5) is 0 Å². The first-order valence-electron chi connectivity index (χ1n) is 7.70. The highest BCUT2D eigenvalue weighted by molar-refractivity contribution is 5.31. The Balaban J connectivity index is 2.97. The highest BCUT2D eigenvalue weighted by Gasteiger charge is 2.21. The Bertz CT molecular complexity index is 493. The second-order valence-corrected chi connectivity index (χ2v) is 7.52. The molecule has 0 aliphatic carbocycles. The van der Waals surface area contributed by atoms with Gasteiger partial charge in [0, 0.05) is 0 Å². The van der Waals surface area contributed by atoms with Crippen molar-refractivity contribution < 1.29 is 4.74 Å². The number of hydrogen-bond donors (Lipinski definition) is 0. The lowest BCUT2D eigenvalue weighted by Crippen LogP contribution is -2.18. The van der Waals surface area contributed by atoms with Crippen LogP contribution in [-0.4, -0.2) is 6.61 Å². The van der Waals surface area contributed by atoms with Crippen LogP contribution in [0.2, 0.25) is 0 Å². The van der Waals surface area contributed by atoms with E-state index in [1.165, 1.54) is 11.1 Å². The molecule has 0 aromatic heterocycles. The molecule has 116 valence electrons. The Morgan fingerprint density at radius 3 is 1.95 bits per heavy atom. The smallest absolute Gasteiger partial charge is 0.119 e. The van der Waals surface area contributed by atoms with E-state index < -0.39 is 0 Å². The van der Waals surface area contributed by atoms with Crippen molar-refractivity contribution in [3.8, 4) is 5.75 Å². The summed E-state index contributed by atoms with van der Waals surface area (Å²) < 4.78 is 5.96. The normalized spacial score (nSPS) is 14.2. The van der Waals surface area contributed by atoms with Gasteiger partial charge in [-0.25, -0.2) is 0 Å². The maximum absolute atomic E-state index is 5.96. The molecule has 1 heteroatoms. The van der Waals surface area contributed by atoms with Crippen LogP contribution in [0.15, 0.2) is 53.6 Å². The van der Waals surface area contributed by atoms with Crippen molar-refractivity contribution in [3.05, 3.63) is 53.6 Å². The fourth-order valence-electron chi connectivity index (χ4n) is 2.07. The highest BCUT2D eigenvalue weighted by atomic mass is 16.5. The molecule has 0 unspecified atom stereocenters. The Hall–Kier alpha value is -1.50. The highest BCUT2D eigenvalue weighted by Crippen LogP contribution is 2.32. The molecule has 21 heavy (non-hydrogen) atoms. The molecule has 1 aromatic rings. The largest absolute Gasteiger partial charge is 0.489 e. The molecule has 0 heterocycles. The Morgan fingerprint density at radius 1 is 0.952 bits per heavy atom. The number of benzene rings is 1. The van der Waals surface area contributed by atoms with Gasteiger partial charge in [0.1, 0.15) is 12.4 Å². The first-order chi connectivity index (χ1) is 9.64. The molecule has 1 aromatic carbocycles. The predicted octanol–water partition coefficient (Wildman–Crippen LogP) is 6.03. The Labute approximate surface area is 130 Å². The van der Waals surface area contributed by atoms with Gasteiger partial charge >= 0.3 is 0 Å². The lowest BCUT2D eigenvalue weighted by Gasteiger charge is -2.27. The SMILES string of the molecule is CC=C(C=C(COc1ccccc1)C(C)(C)C)C(C)(C)C. The monoisotopic (exact) mass is 286 g/mol. The standard InChI is InChI=1S/C20H30O/c1-8-16(19(2,3)4)14-17(20(5,6)7)15-21-18-12-10-9-11-13-18/h8-14H,15H2,1-7H3. The first kappa shape index (κ1) is 17.6. The molecule has 1 nitrogen and oxygen atoms in total. The van der Waals surface area contributed by atoms with Crippen LogP contribution in [0.3, 0.4) is 0 Å². The average Bonchev–Trinajstić information content (AvgIpc) is 2.37. The lowest BCUT2D eigenvalue weighted by atomic mass is 9.80. The Kier molecular flexibility index (Phi) is 5.83. The van der Waals surface area contributed by atoms with E-state index in [2.05, 4.69) is 60.6 Å².